The lowest BCUT2D eigenvalue weighted by atomic mass is 9.99. The molecule has 0 aliphatic carbocycles. The van der Waals surface area contributed by atoms with Gasteiger partial charge in [0.1, 0.15) is 5.82 Å². The number of aromatic nitrogens is 3. The zero-order valence-corrected chi connectivity index (χ0v) is 18.4. The van der Waals surface area contributed by atoms with E-state index in [-0.39, 0.29) is 16.7 Å². The lowest BCUT2D eigenvalue weighted by Crippen LogP contribution is -2.42. The van der Waals surface area contributed by atoms with Crippen molar-refractivity contribution in [2.45, 2.75) is 44.0 Å². The number of piperidine rings is 1. The fraction of sp³-hybridized carbons (Fsp3) is 0.391. The minimum Gasteiger partial charge on any atom is -0.342 e. The van der Waals surface area contributed by atoms with E-state index >= 15 is 0 Å². The quantitative estimate of drug-likeness (QED) is 0.472. The number of hydrogen-bond acceptors (Lipinski definition) is 5. The Kier molecular flexibility index (Phi) is 5.90. The highest BCUT2D eigenvalue weighted by atomic mass is 32.2. The summed E-state index contributed by atoms with van der Waals surface area (Å²) in [4.78, 5) is 37.4. The molecule has 156 valence electrons. The Labute approximate surface area is 180 Å². The van der Waals surface area contributed by atoms with Crippen LogP contribution in [0.3, 0.4) is 0 Å². The van der Waals surface area contributed by atoms with Gasteiger partial charge in [0.05, 0.1) is 16.2 Å². The van der Waals surface area contributed by atoms with Crippen LogP contribution in [0, 0.1) is 12.8 Å². The average Bonchev–Trinajstić information content (AvgIpc) is 2.75. The molecule has 0 N–H and O–H groups in total. The first-order valence-electron chi connectivity index (χ1n) is 10.3. The molecule has 0 spiro atoms. The van der Waals surface area contributed by atoms with Crippen molar-refractivity contribution < 1.29 is 4.79 Å². The molecule has 1 fully saturated rings. The molecular weight excluding hydrogens is 396 g/mol. The summed E-state index contributed by atoms with van der Waals surface area (Å²) in [5.41, 5.74) is 1.46. The van der Waals surface area contributed by atoms with Crippen LogP contribution in [0.1, 0.15) is 32.3 Å². The number of likely N-dealkylation sites (tertiary alicyclic amines) is 1. The minimum atomic E-state index is -0.344. The normalized spacial score (nSPS) is 16.0. The van der Waals surface area contributed by atoms with E-state index in [1.807, 2.05) is 49.1 Å². The number of pyridine rings is 1. The molecule has 0 bridgehead atoms. The number of aryl methyl sites for hydroxylation is 1. The van der Waals surface area contributed by atoms with Crippen molar-refractivity contribution in [3.8, 4) is 5.82 Å². The highest BCUT2D eigenvalue weighted by Gasteiger charge is 2.27. The molecule has 1 amide bonds. The van der Waals surface area contributed by atoms with Crippen LogP contribution in [0.25, 0.3) is 16.7 Å². The van der Waals surface area contributed by atoms with Crippen molar-refractivity contribution in [3.63, 3.8) is 0 Å². The Morgan fingerprint density at radius 1 is 1.17 bits per heavy atom. The van der Waals surface area contributed by atoms with E-state index in [1.165, 1.54) is 16.3 Å². The molecule has 30 heavy (non-hydrogen) atoms. The van der Waals surface area contributed by atoms with Crippen molar-refractivity contribution in [1.29, 1.82) is 0 Å². The highest BCUT2D eigenvalue weighted by Crippen LogP contribution is 2.27. The maximum absolute atomic E-state index is 13.3. The van der Waals surface area contributed by atoms with Gasteiger partial charge in [0.25, 0.3) is 5.56 Å². The van der Waals surface area contributed by atoms with Gasteiger partial charge in [-0.1, -0.05) is 36.9 Å². The van der Waals surface area contributed by atoms with E-state index < -0.39 is 0 Å². The van der Waals surface area contributed by atoms with E-state index in [0.717, 1.165) is 31.5 Å². The third kappa shape index (κ3) is 4.12. The number of hydrogen-bond donors (Lipinski definition) is 0. The molecule has 3 aromatic rings. The van der Waals surface area contributed by atoms with Gasteiger partial charge in [-0.15, -0.1) is 0 Å². The van der Waals surface area contributed by atoms with Crippen LogP contribution >= 0.6 is 11.8 Å². The number of rotatable bonds is 4. The fourth-order valence-corrected chi connectivity index (χ4v) is 4.68. The van der Waals surface area contributed by atoms with Crippen molar-refractivity contribution in [2.75, 3.05) is 13.1 Å². The topological polar surface area (TPSA) is 68.1 Å². The van der Waals surface area contributed by atoms with E-state index in [2.05, 4.69) is 11.9 Å². The number of carbonyl (C=O) groups excluding carboxylic acids is 1. The van der Waals surface area contributed by atoms with Crippen LogP contribution in [0.15, 0.2) is 52.5 Å². The van der Waals surface area contributed by atoms with Crippen LogP contribution in [0.5, 0.6) is 0 Å². The highest BCUT2D eigenvalue weighted by molar-refractivity contribution is 8.00. The first-order chi connectivity index (χ1) is 14.4. The summed E-state index contributed by atoms with van der Waals surface area (Å²) in [6.45, 7) is 7.66. The lowest BCUT2D eigenvalue weighted by molar-refractivity contribution is -0.131. The second-order valence-corrected chi connectivity index (χ2v) is 9.32. The van der Waals surface area contributed by atoms with E-state index in [1.54, 1.807) is 12.3 Å². The Balaban J connectivity index is 1.72. The first kappa shape index (κ1) is 20.6. The van der Waals surface area contributed by atoms with Crippen LogP contribution < -0.4 is 5.56 Å². The second-order valence-electron chi connectivity index (χ2n) is 8.01. The number of fused-ring (bicyclic) bond motifs is 1. The number of thioether (sulfide) groups is 1. The van der Waals surface area contributed by atoms with Gasteiger partial charge in [0.15, 0.2) is 5.16 Å². The summed E-state index contributed by atoms with van der Waals surface area (Å²) in [6, 6.07) is 11.0. The standard InChI is InChI=1S/C23H26N4O2S/c1-15-10-12-26(13-11-15)21(28)17(3)30-23-25-19-7-5-4-6-18(19)22(29)27(23)20-9-8-16(2)14-24-20/h4-9,14-15,17H,10-13H2,1-3H3. The molecule has 0 saturated carbocycles. The third-order valence-electron chi connectivity index (χ3n) is 5.60. The Morgan fingerprint density at radius 2 is 1.90 bits per heavy atom. The molecule has 2 aromatic heterocycles. The number of amides is 1. The van der Waals surface area contributed by atoms with Crippen molar-refractivity contribution in [1.82, 2.24) is 19.4 Å². The summed E-state index contributed by atoms with van der Waals surface area (Å²) in [7, 11) is 0. The predicted octanol–water partition coefficient (Wildman–Crippen LogP) is 3.83. The Bertz CT molecular complexity index is 1120. The third-order valence-corrected chi connectivity index (χ3v) is 6.63. The van der Waals surface area contributed by atoms with Gasteiger partial charge in [-0.25, -0.2) is 14.5 Å². The summed E-state index contributed by atoms with van der Waals surface area (Å²) in [5.74, 6) is 1.27. The monoisotopic (exact) mass is 422 g/mol. The van der Waals surface area contributed by atoms with Gasteiger partial charge in [-0.05, 0) is 56.4 Å². The van der Waals surface area contributed by atoms with Gasteiger partial charge < -0.3 is 4.90 Å². The number of benzene rings is 1. The fourth-order valence-electron chi connectivity index (χ4n) is 3.68. The molecule has 6 nitrogen and oxygen atoms in total. The molecule has 1 unspecified atom stereocenters. The summed E-state index contributed by atoms with van der Waals surface area (Å²) in [6.07, 6.45) is 3.81. The molecule has 3 heterocycles. The molecule has 7 heteroatoms. The predicted molar refractivity (Wildman–Crippen MR) is 120 cm³/mol. The number of para-hydroxylation sites is 1. The van der Waals surface area contributed by atoms with Crippen LogP contribution in [0.4, 0.5) is 0 Å². The van der Waals surface area contributed by atoms with E-state index in [9.17, 15) is 9.59 Å². The molecule has 1 aliphatic heterocycles. The SMILES string of the molecule is Cc1ccc(-n2c(SC(C)C(=O)N3CCC(C)CC3)nc3ccccc3c2=O)nc1. The van der Waals surface area contributed by atoms with Gasteiger partial charge in [-0.3, -0.25) is 9.59 Å². The van der Waals surface area contributed by atoms with Gasteiger partial charge in [-0.2, -0.15) is 0 Å². The van der Waals surface area contributed by atoms with Crippen LogP contribution in [0.2, 0.25) is 0 Å². The van der Waals surface area contributed by atoms with Crippen molar-refractivity contribution in [3.05, 3.63) is 58.5 Å². The van der Waals surface area contributed by atoms with Gasteiger partial charge in [0.2, 0.25) is 5.91 Å². The molecule has 4 rings (SSSR count). The second kappa shape index (κ2) is 8.60. The smallest absolute Gasteiger partial charge is 0.267 e. The van der Waals surface area contributed by atoms with Crippen LogP contribution in [-0.4, -0.2) is 43.7 Å². The zero-order chi connectivity index (χ0) is 21.3. The number of nitrogens with zero attached hydrogens (tertiary/aromatic N) is 4. The molecule has 1 aromatic carbocycles. The van der Waals surface area contributed by atoms with E-state index in [4.69, 9.17) is 4.98 Å². The molecular formula is C23H26N4O2S. The average molecular weight is 423 g/mol. The number of carbonyl (C=O) groups is 1. The molecule has 1 aliphatic rings. The Morgan fingerprint density at radius 3 is 2.60 bits per heavy atom. The lowest BCUT2D eigenvalue weighted by Gasteiger charge is -2.32. The Hall–Kier alpha value is -2.67. The summed E-state index contributed by atoms with van der Waals surface area (Å²) in [5, 5.41) is 0.678. The maximum atomic E-state index is 13.3. The first-order valence-corrected chi connectivity index (χ1v) is 11.2. The molecule has 1 saturated heterocycles. The summed E-state index contributed by atoms with van der Waals surface area (Å²) < 4.78 is 1.52. The zero-order valence-electron chi connectivity index (χ0n) is 17.5. The van der Waals surface area contributed by atoms with Crippen molar-refractivity contribution >= 4 is 28.6 Å². The molecule has 0 radical (unpaired) electrons. The maximum Gasteiger partial charge on any atom is 0.267 e. The van der Waals surface area contributed by atoms with Crippen molar-refractivity contribution in [2.24, 2.45) is 5.92 Å². The van der Waals surface area contributed by atoms with Gasteiger partial charge in [0, 0.05) is 19.3 Å². The molecule has 1 atom stereocenters. The summed E-state index contributed by atoms with van der Waals surface area (Å²) >= 11 is 1.32. The van der Waals surface area contributed by atoms with E-state index in [0.29, 0.717) is 27.8 Å². The van der Waals surface area contributed by atoms with Crippen LogP contribution in [-0.2, 0) is 4.79 Å². The van der Waals surface area contributed by atoms with Gasteiger partial charge >= 0.3 is 0 Å². The largest absolute Gasteiger partial charge is 0.342 e. The minimum absolute atomic E-state index is 0.0951.